The Bertz CT molecular complexity index is 572. The van der Waals surface area contributed by atoms with Crippen LogP contribution >= 0.6 is 22.9 Å². The van der Waals surface area contributed by atoms with Crippen molar-refractivity contribution in [2.75, 3.05) is 0 Å². The van der Waals surface area contributed by atoms with Crippen LogP contribution in [0, 0.1) is 0 Å². The first-order valence-electron chi connectivity index (χ1n) is 4.71. The van der Waals surface area contributed by atoms with Crippen LogP contribution in [0.5, 0.6) is 0 Å². The third-order valence-corrected chi connectivity index (χ3v) is 3.63. The quantitative estimate of drug-likeness (QED) is 0.695. The van der Waals surface area contributed by atoms with Gasteiger partial charge in [-0.1, -0.05) is 30.3 Å². The first-order chi connectivity index (χ1) is 7.93. The van der Waals surface area contributed by atoms with Crippen molar-refractivity contribution in [3.63, 3.8) is 0 Å². The minimum absolute atomic E-state index is 0.770. The zero-order valence-electron chi connectivity index (χ0n) is 8.20. The Morgan fingerprint density at radius 2 is 1.94 bits per heavy atom. The van der Waals surface area contributed by atoms with Crippen LogP contribution in [0.1, 0.15) is 0 Å². The first-order valence-corrected chi connectivity index (χ1v) is 6.37. The number of rotatable bonds is 2. The van der Waals surface area contributed by atoms with Gasteiger partial charge in [0, 0.05) is 11.8 Å². The van der Waals surface area contributed by atoms with Gasteiger partial charge in [0.25, 0.3) is 0 Å². The summed E-state index contributed by atoms with van der Waals surface area (Å²) in [7, 11) is 0. The molecule has 0 radical (unpaired) electrons. The predicted molar refractivity (Wildman–Crippen MR) is 66.5 cm³/mol. The molecule has 0 aliphatic rings. The van der Waals surface area contributed by atoms with E-state index in [2.05, 4.69) is 14.3 Å². The predicted octanol–water partition coefficient (Wildman–Crippen LogP) is 3.33. The smallest absolute Gasteiger partial charge is 0.185 e. The number of benzene rings is 1. The van der Waals surface area contributed by atoms with Gasteiger partial charge in [0.2, 0.25) is 0 Å². The van der Waals surface area contributed by atoms with Crippen molar-refractivity contribution in [2.45, 2.75) is 0 Å². The molecule has 0 unspecified atom stereocenters. The summed E-state index contributed by atoms with van der Waals surface area (Å²) >= 11 is 2.97. The molecule has 0 atom stereocenters. The fourth-order valence-electron chi connectivity index (χ4n) is 1.35. The number of nitrogens with zero attached hydrogens (tertiary/aromatic N) is 3. The largest absolute Gasteiger partial charge is 0.252 e. The molecule has 0 bridgehead atoms. The van der Waals surface area contributed by atoms with E-state index < -0.39 is 0 Å². The van der Waals surface area contributed by atoms with Crippen LogP contribution in [0.25, 0.3) is 21.3 Å². The number of hydrogen-bond acceptors (Lipinski definition) is 5. The van der Waals surface area contributed by atoms with Crippen LogP contribution in [0.2, 0.25) is 0 Å². The molecule has 16 heavy (non-hydrogen) atoms. The topological polar surface area (TPSA) is 38.7 Å². The minimum Gasteiger partial charge on any atom is -0.252 e. The fourth-order valence-corrected chi connectivity index (χ4v) is 2.64. The van der Waals surface area contributed by atoms with Crippen molar-refractivity contribution >= 4 is 22.9 Å². The zero-order chi connectivity index (χ0) is 10.8. The average molecular weight is 245 g/mol. The third kappa shape index (κ3) is 1.75. The second-order valence-electron chi connectivity index (χ2n) is 3.15. The third-order valence-electron chi connectivity index (χ3n) is 2.10. The Balaban J connectivity index is 2.00. The fraction of sp³-hybridized carbons (Fsp3) is 0. The molecule has 0 saturated carbocycles. The molecule has 0 spiro atoms. The summed E-state index contributed by atoms with van der Waals surface area (Å²) in [5, 5.41) is 0.948. The number of aromatic nitrogens is 3. The lowest BCUT2D eigenvalue weighted by Crippen LogP contribution is -1.77. The highest BCUT2D eigenvalue weighted by molar-refractivity contribution is 7.13. The van der Waals surface area contributed by atoms with Crippen molar-refractivity contribution in [3.8, 4) is 21.3 Å². The average Bonchev–Trinajstić information content (AvgIpc) is 3.01. The maximum absolute atomic E-state index is 4.50. The van der Waals surface area contributed by atoms with Crippen molar-refractivity contribution in [2.24, 2.45) is 0 Å². The summed E-state index contributed by atoms with van der Waals surface area (Å²) in [5.74, 6) is 0.770. The highest BCUT2D eigenvalue weighted by Gasteiger charge is 2.08. The van der Waals surface area contributed by atoms with E-state index in [-0.39, 0.29) is 0 Å². The molecule has 0 amide bonds. The van der Waals surface area contributed by atoms with Gasteiger partial charge in [0.15, 0.2) is 5.82 Å². The summed E-state index contributed by atoms with van der Waals surface area (Å²) < 4.78 is 4.34. The normalized spacial score (nSPS) is 10.5. The van der Waals surface area contributed by atoms with E-state index in [4.69, 9.17) is 0 Å². The molecule has 0 aliphatic heterocycles. The minimum atomic E-state index is 0.770. The Kier molecular flexibility index (Phi) is 2.47. The van der Waals surface area contributed by atoms with E-state index in [9.17, 15) is 0 Å². The maximum Gasteiger partial charge on any atom is 0.185 e. The molecular formula is C11H7N3S2. The summed E-state index contributed by atoms with van der Waals surface area (Å²) in [4.78, 5) is 9.54. The van der Waals surface area contributed by atoms with Gasteiger partial charge >= 0.3 is 0 Å². The highest BCUT2D eigenvalue weighted by atomic mass is 32.1. The Morgan fingerprint density at radius 1 is 1.06 bits per heavy atom. The van der Waals surface area contributed by atoms with Gasteiger partial charge in [-0.3, -0.25) is 4.98 Å². The number of hydrogen-bond donors (Lipinski definition) is 0. The van der Waals surface area contributed by atoms with Gasteiger partial charge in [-0.25, -0.2) is 4.98 Å². The summed E-state index contributed by atoms with van der Waals surface area (Å²) in [6, 6.07) is 10.1. The van der Waals surface area contributed by atoms with E-state index >= 15 is 0 Å². The molecule has 78 valence electrons. The SMILES string of the molecule is c1ccc(-c2nc(-c3cncs3)ns2)cc1. The van der Waals surface area contributed by atoms with Gasteiger partial charge in [-0.05, 0) is 11.5 Å². The van der Waals surface area contributed by atoms with E-state index in [0.717, 1.165) is 21.3 Å². The number of thiazole rings is 1. The molecule has 0 N–H and O–H groups in total. The highest BCUT2D eigenvalue weighted by Crippen LogP contribution is 2.27. The molecule has 0 aliphatic carbocycles. The molecule has 0 fully saturated rings. The van der Waals surface area contributed by atoms with Crippen LogP contribution in [0.15, 0.2) is 42.0 Å². The molecule has 5 heteroatoms. The standard InChI is InChI=1S/C11H7N3S2/c1-2-4-8(5-3-1)11-13-10(14-16-11)9-6-12-7-15-9/h1-7H. The van der Waals surface area contributed by atoms with Gasteiger partial charge in [0.1, 0.15) is 5.01 Å². The molecule has 3 nitrogen and oxygen atoms in total. The molecule has 0 saturated heterocycles. The van der Waals surface area contributed by atoms with Crippen LogP contribution in [0.4, 0.5) is 0 Å². The van der Waals surface area contributed by atoms with Gasteiger partial charge in [0.05, 0.1) is 10.4 Å². The lowest BCUT2D eigenvalue weighted by atomic mass is 10.2. The van der Waals surface area contributed by atoms with Crippen molar-refractivity contribution in [1.82, 2.24) is 14.3 Å². The van der Waals surface area contributed by atoms with Gasteiger partial charge < -0.3 is 0 Å². The Labute approximate surface area is 101 Å². The molecule has 3 rings (SSSR count). The molecular weight excluding hydrogens is 238 g/mol. The Morgan fingerprint density at radius 3 is 2.69 bits per heavy atom. The zero-order valence-corrected chi connectivity index (χ0v) is 9.83. The van der Waals surface area contributed by atoms with Crippen molar-refractivity contribution < 1.29 is 0 Å². The van der Waals surface area contributed by atoms with Gasteiger partial charge in [-0.15, -0.1) is 11.3 Å². The molecule has 1 aromatic carbocycles. The summed E-state index contributed by atoms with van der Waals surface area (Å²) in [5.41, 5.74) is 2.90. The van der Waals surface area contributed by atoms with E-state index in [1.165, 1.54) is 11.5 Å². The summed E-state index contributed by atoms with van der Waals surface area (Å²) in [6.45, 7) is 0. The van der Waals surface area contributed by atoms with Crippen LogP contribution in [-0.2, 0) is 0 Å². The second kappa shape index (κ2) is 4.11. The molecule has 3 aromatic rings. The van der Waals surface area contributed by atoms with E-state index in [1.807, 2.05) is 30.3 Å². The van der Waals surface area contributed by atoms with E-state index in [1.54, 1.807) is 23.0 Å². The second-order valence-corrected chi connectivity index (χ2v) is 4.79. The van der Waals surface area contributed by atoms with Crippen LogP contribution < -0.4 is 0 Å². The van der Waals surface area contributed by atoms with Crippen LogP contribution in [0.3, 0.4) is 0 Å². The van der Waals surface area contributed by atoms with Crippen molar-refractivity contribution in [3.05, 3.63) is 42.0 Å². The monoisotopic (exact) mass is 245 g/mol. The maximum atomic E-state index is 4.50. The molecule has 2 heterocycles. The van der Waals surface area contributed by atoms with Gasteiger partial charge in [-0.2, -0.15) is 4.37 Å². The Hall–Kier alpha value is -1.59. The molecule has 2 aromatic heterocycles. The lowest BCUT2D eigenvalue weighted by Gasteiger charge is -1.91. The van der Waals surface area contributed by atoms with E-state index in [0.29, 0.717) is 0 Å². The van der Waals surface area contributed by atoms with Crippen LogP contribution in [-0.4, -0.2) is 14.3 Å². The first kappa shape index (κ1) is 9.62. The lowest BCUT2D eigenvalue weighted by molar-refractivity contribution is 1.33. The summed E-state index contributed by atoms with van der Waals surface area (Å²) in [6.07, 6.45) is 1.79. The van der Waals surface area contributed by atoms with Crippen molar-refractivity contribution in [1.29, 1.82) is 0 Å².